The van der Waals surface area contributed by atoms with E-state index in [-0.39, 0.29) is 40.8 Å². The number of hydrogen-bond acceptors (Lipinski definition) is 9. The van der Waals surface area contributed by atoms with Crippen LogP contribution < -0.4 is 5.32 Å². The van der Waals surface area contributed by atoms with Crippen molar-refractivity contribution < 1.29 is 29.0 Å². The van der Waals surface area contributed by atoms with E-state index >= 15 is 0 Å². The molecule has 10 heteroatoms. The van der Waals surface area contributed by atoms with Crippen molar-refractivity contribution in [3.8, 4) is 0 Å². The lowest BCUT2D eigenvalue weighted by Crippen LogP contribution is -2.64. The third kappa shape index (κ3) is 5.78. The van der Waals surface area contributed by atoms with Gasteiger partial charge in [0.25, 0.3) is 0 Å². The van der Waals surface area contributed by atoms with Gasteiger partial charge in [-0.05, 0) is 115 Å². The molecule has 1 heterocycles. The fourth-order valence-electron chi connectivity index (χ4n) is 11.6. The number of fused-ring (bicyclic) bond motifs is 7. The second kappa shape index (κ2) is 12.4. The van der Waals surface area contributed by atoms with Gasteiger partial charge in [0.1, 0.15) is 10.4 Å². The molecule has 0 aliphatic heterocycles. The van der Waals surface area contributed by atoms with Gasteiger partial charge in [-0.25, -0.2) is 19.4 Å². The van der Waals surface area contributed by atoms with Crippen LogP contribution in [0.25, 0.3) is 0 Å². The number of aryl methyl sites for hydroxylation is 1. The summed E-state index contributed by atoms with van der Waals surface area (Å²) >= 11 is 1.36. The van der Waals surface area contributed by atoms with Gasteiger partial charge in [0.05, 0.1) is 0 Å². The van der Waals surface area contributed by atoms with Crippen LogP contribution in [0.3, 0.4) is 0 Å². The summed E-state index contributed by atoms with van der Waals surface area (Å²) in [5.74, 6) is 0.381. The zero-order valence-electron chi connectivity index (χ0n) is 30.1. The maximum atomic E-state index is 13.6. The number of nitrogens with one attached hydrogen (secondary N) is 1. The van der Waals surface area contributed by atoms with E-state index in [1.54, 1.807) is 0 Å². The van der Waals surface area contributed by atoms with Crippen molar-refractivity contribution in [2.75, 3.05) is 5.32 Å². The van der Waals surface area contributed by atoms with Crippen LogP contribution in [0.4, 0.5) is 5.13 Å². The molecule has 0 saturated heterocycles. The minimum absolute atomic E-state index is 0.0107. The third-order valence-electron chi connectivity index (χ3n) is 13.6. The molecule has 1 aromatic heterocycles. The van der Waals surface area contributed by atoms with Crippen LogP contribution >= 0.6 is 11.3 Å². The zero-order valence-corrected chi connectivity index (χ0v) is 30.9. The summed E-state index contributed by atoms with van der Waals surface area (Å²) in [6.07, 6.45) is 10.3. The molecule has 9 nitrogen and oxygen atoms in total. The van der Waals surface area contributed by atoms with E-state index in [1.165, 1.54) is 57.3 Å². The van der Waals surface area contributed by atoms with E-state index in [1.807, 2.05) is 6.92 Å². The molecule has 0 unspecified atom stereocenters. The minimum atomic E-state index is -0.993. The number of carbonyl (C=O) groups is 4. The molecular formula is C37H55N3O6S. The Kier molecular flexibility index (Phi) is 9.39. The maximum Gasteiger partial charge on any atom is 0.366 e. The van der Waals surface area contributed by atoms with Gasteiger partial charge < -0.3 is 5.32 Å². The average molecular weight is 670 g/mol. The molecule has 7 atom stereocenters. The van der Waals surface area contributed by atoms with Crippen LogP contribution in [0.2, 0.25) is 0 Å². The first-order valence-corrected chi connectivity index (χ1v) is 18.4. The topological polar surface area (TPSA) is 125 Å². The zero-order chi connectivity index (χ0) is 34.7. The molecule has 5 aliphatic rings. The van der Waals surface area contributed by atoms with Gasteiger partial charge in [-0.15, -0.1) is 10.2 Å². The molecule has 4 fully saturated rings. The van der Waals surface area contributed by atoms with Crippen molar-refractivity contribution >= 4 is 40.1 Å². The molecule has 1 N–H and O–H groups in total. The summed E-state index contributed by atoms with van der Waals surface area (Å²) in [4.78, 5) is 58.8. The van der Waals surface area contributed by atoms with Crippen LogP contribution in [0.1, 0.15) is 132 Å². The number of hydrogen-bond donors (Lipinski definition) is 1. The lowest BCUT2D eigenvalue weighted by molar-refractivity contribution is -0.267. The van der Waals surface area contributed by atoms with E-state index in [4.69, 9.17) is 9.78 Å². The van der Waals surface area contributed by atoms with E-state index < -0.39 is 17.4 Å². The normalized spacial score (nSPS) is 37.0. The Balaban J connectivity index is 0.000000371. The van der Waals surface area contributed by atoms with Crippen molar-refractivity contribution in [2.24, 2.45) is 50.7 Å². The molecular weight excluding hydrogens is 614 g/mol. The highest BCUT2D eigenvalue weighted by Gasteiger charge is 2.70. The summed E-state index contributed by atoms with van der Waals surface area (Å²) in [5, 5.41) is 11.4. The molecule has 0 aromatic carbocycles. The molecule has 47 heavy (non-hydrogen) atoms. The molecule has 6 rings (SSSR count). The van der Waals surface area contributed by atoms with Crippen LogP contribution in [-0.2, 0) is 29.0 Å². The predicted molar refractivity (Wildman–Crippen MR) is 181 cm³/mol. The number of allylic oxidation sites excluding steroid dienone is 1. The number of Topliss-reactive ketones (excluding diaryl/α,β-unsaturated/α-hetero) is 1. The number of carbonyl (C=O) groups excluding carboxylic acids is 4. The van der Waals surface area contributed by atoms with Gasteiger partial charge in [0, 0.05) is 20.3 Å². The second-order valence-electron chi connectivity index (χ2n) is 16.9. The molecule has 0 spiro atoms. The Morgan fingerprint density at radius 3 is 2.17 bits per heavy atom. The first-order valence-electron chi connectivity index (χ1n) is 17.6. The van der Waals surface area contributed by atoms with Crippen LogP contribution in [-0.4, -0.2) is 33.8 Å². The fourth-order valence-corrected chi connectivity index (χ4v) is 12.3. The maximum absolute atomic E-state index is 13.6. The van der Waals surface area contributed by atoms with Gasteiger partial charge in [-0.2, -0.15) is 0 Å². The van der Waals surface area contributed by atoms with Crippen molar-refractivity contribution in [2.45, 2.75) is 133 Å². The highest BCUT2D eigenvalue weighted by atomic mass is 32.1. The number of rotatable bonds is 3. The highest BCUT2D eigenvalue weighted by Crippen LogP contribution is 2.76. The Bertz CT molecular complexity index is 1480. The summed E-state index contributed by atoms with van der Waals surface area (Å²) in [6, 6.07) is 0. The summed E-state index contributed by atoms with van der Waals surface area (Å²) < 4.78 is 0. The lowest BCUT2D eigenvalue weighted by Gasteiger charge is -2.71. The van der Waals surface area contributed by atoms with Crippen molar-refractivity contribution in [3.63, 3.8) is 0 Å². The average Bonchev–Trinajstić information content (AvgIpc) is 3.51. The number of aromatic nitrogens is 2. The molecule has 260 valence electrons. The second-order valence-corrected chi connectivity index (χ2v) is 18.1. The summed E-state index contributed by atoms with van der Waals surface area (Å²) in [7, 11) is 0. The van der Waals surface area contributed by atoms with Crippen molar-refractivity contribution in [1.29, 1.82) is 0 Å². The summed E-state index contributed by atoms with van der Waals surface area (Å²) in [5.41, 5.74) is 1.78. The van der Waals surface area contributed by atoms with Gasteiger partial charge in [-0.3, -0.25) is 9.59 Å². The monoisotopic (exact) mass is 669 g/mol. The van der Waals surface area contributed by atoms with Gasteiger partial charge >= 0.3 is 11.9 Å². The molecule has 0 bridgehead atoms. The highest BCUT2D eigenvalue weighted by molar-refractivity contribution is 7.15. The van der Waals surface area contributed by atoms with Gasteiger partial charge in [0.15, 0.2) is 5.78 Å². The van der Waals surface area contributed by atoms with Crippen molar-refractivity contribution in [1.82, 2.24) is 10.2 Å². The Morgan fingerprint density at radius 1 is 0.872 bits per heavy atom. The Morgan fingerprint density at radius 2 is 1.57 bits per heavy atom. The lowest BCUT2D eigenvalue weighted by atomic mass is 9.33. The van der Waals surface area contributed by atoms with Crippen LogP contribution in [0, 0.1) is 57.7 Å². The molecule has 1 aromatic rings. The largest absolute Gasteiger partial charge is 0.366 e. The Labute approximate surface area is 284 Å². The minimum Gasteiger partial charge on any atom is -0.301 e. The molecule has 1 amide bonds. The quantitative estimate of drug-likeness (QED) is 0.252. The van der Waals surface area contributed by atoms with E-state index in [0.29, 0.717) is 28.3 Å². The fraction of sp³-hybridized carbons (Fsp3) is 0.784. The standard InChI is InChI=1S/C32H48O5.C5H7N3OS/c1-19(2)25-22(34)18-32(27(35)37-36-20(3)33)17-16-30(7)21(26(25)32)10-11-24-29(6)14-9-13-28(4,5)23(29)12-15-31(24,30)8;1-3(9)6-5-8-7-4(2)10-5/h19,21,23-24H,9-18H2,1-8H3;1-2H3,(H,6,8,9)/t21-,23+,24-,29+,30-,31-,32-;/m1./s1. The molecule has 4 saturated carbocycles. The van der Waals surface area contributed by atoms with Gasteiger partial charge in [0.2, 0.25) is 11.0 Å². The van der Waals surface area contributed by atoms with E-state index in [2.05, 4.69) is 64.0 Å². The number of amides is 1. The smallest absolute Gasteiger partial charge is 0.301 e. The third-order valence-corrected chi connectivity index (χ3v) is 14.4. The van der Waals surface area contributed by atoms with Crippen LogP contribution in [0.5, 0.6) is 0 Å². The number of nitrogens with zero attached hydrogens (tertiary/aromatic N) is 2. The van der Waals surface area contributed by atoms with E-state index in [9.17, 15) is 19.2 Å². The summed E-state index contributed by atoms with van der Waals surface area (Å²) in [6.45, 7) is 21.3. The Hall–Kier alpha value is -2.62. The molecule has 5 aliphatic carbocycles. The first kappa shape index (κ1) is 35.7. The van der Waals surface area contributed by atoms with Crippen molar-refractivity contribution in [3.05, 3.63) is 16.2 Å². The van der Waals surface area contributed by atoms with E-state index in [0.717, 1.165) is 41.3 Å². The van der Waals surface area contributed by atoms with Crippen LogP contribution in [0.15, 0.2) is 11.1 Å². The SMILES string of the molecule is CC(=O)Nc1nnc(C)s1.CC(=O)OOC(=O)[C@@]12CC[C@]3(C)[C@H](CC[C@@H]4[C@@]5(C)CCCC(C)(C)[C@@H]5CC[C@]43C)C1=C(C(C)C)C(=O)C2. The molecule has 0 radical (unpaired) electrons. The predicted octanol–water partition coefficient (Wildman–Crippen LogP) is 8.18. The number of ketones is 1. The first-order chi connectivity index (χ1) is 21.8. The van der Waals surface area contributed by atoms with Gasteiger partial charge in [-0.1, -0.05) is 66.2 Å². The number of anilines is 1.